The first-order chi connectivity index (χ1) is 10.8. The third kappa shape index (κ3) is 5.08. The summed E-state index contributed by atoms with van der Waals surface area (Å²) < 4.78 is 32.5. The predicted molar refractivity (Wildman–Crippen MR) is 92.3 cm³/mol. The Morgan fingerprint density at radius 1 is 0.957 bits per heavy atom. The fraction of sp³-hybridized carbons (Fsp3) is 0.333. The molecule has 0 aliphatic carbocycles. The first-order valence-corrected chi connectivity index (χ1v) is 9.05. The summed E-state index contributed by atoms with van der Waals surface area (Å²) in [6, 6.07) is 16.3. The van der Waals surface area contributed by atoms with E-state index < -0.39 is 10.0 Å². The van der Waals surface area contributed by atoms with Crippen LogP contribution in [0.4, 0.5) is 0 Å². The molecule has 5 heteroatoms. The maximum atomic E-state index is 12.2. The van der Waals surface area contributed by atoms with Crippen LogP contribution in [-0.2, 0) is 15.4 Å². The molecule has 0 unspecified atom stereocenters. The van der Waals surface area contributed by atoms with Crippen LogP contribution >= 0.6 is 0 Å². The molecule has 2 rings (SSSR count). The van der Waals surface area contributed by atoms with Crippen molar-refractivity contribution >= 4 is 10.0 Å². The fourth-order valence-electron chi connectivity index (χ4n) is 2.08. The SMILES string of the molecule is CC(C)(C)c1ccc(S(=O)(=O)NCCOc2ccccc2)cc1. The molecule has 1 N–H and O–H groups in total. The van der Waals surface area contributed by atoms with Crippen LogP contribution in [0.15, 0.2) is 59.5 Å². The van der Waals surface area contributed by atoms with Gasteiger partial charge in [0.05, 0.1) is 4.90 Å². The van der Waals surface area contributed by atoms with Crippen molar-refractivity contribution in [3.63, 3.8) is 0 Å². The quantitative estimate of drug-likeness (QED) is 0.825. The highest BCUT2D eigenvalue weighted by Gasteiger charge is 2.17. The predicted octanol–water partition coefficient (Wildman–Crippen LogP) is 3.34. The lowest BCUT2D eigenvalue weighted by molar-refractivity contribution is 0.323. The van der Waals surface area contributed by atoms with Gasteiger partial charge in [-0.1, -0.05) is 51.1 Å². The van der Waals surface area contributed by atoms with Gasteiger partial charge >= 0.3 is 0 Å². The molecule has 0 atom stereocenters. The highest BCUT2D eigenvalue weighted by Crippen LogP contribution is 2.23. The van der Waals surface area contributed by atoms with Crippen LogP contribution < -0.4 is 9.46 Å². The third-order valence-corrected chi connectivity index (χ3v) is 4.91. The van der Waals surface area contributed by atoms with Gasteiger partial charge in [0.1, 0.15) is 12.4 Å². The van der Waals surface area contributed by atoms with Gasteiger partial charge in [-0.3, -0.25) is 0 Å². The normalized spacial score (nSPS) is 12.1. The van der Waals surface area contributed by atoms with Gasteiger partial charge in [0.15, 0.2) is 0 Å². The number of hydrogen-bond donors (Lipinski definition) is 1. The van der Waals surface area contributed by atoms with Crippen LogP contribution in [0, 0.1) is 0 Å². The molecule has 0 saturated heterocycles. The van der Waals surface area contributed by atoms with Gasteiger partial charge in [-0.25, -0.2) is 13.1 Å². The van der Waals surface area contributed by atoms with E-state index in [-0.39, 0.29) is 23.5 Å². The van der Waals surface area contributed by atoms with Crippen LogP contribution in [0.25, 0.3) is 0 Å². The summed E-state index contributed by atoms with van der Waals surface area (Å²) in [6.45, 7) is 6.78. The van der Waals surface area contributed by atoms with Crippen LogP contribution in [0.2, 0.25) is 0 Å². The second kappa shape index (κ2) is 7.15. The van der Waals surface area contributed by atoms with E-state index in [9.17, 15) is 8.42 Å². The van der Waals surface area contributed by atoms with Gasteiger partial charge in [-0.15, -0.1) is 0 Å². The van der Waals surface area contributed by atoms with E-state index in [2.05, 4.69) is 25.5 Å². The van der Waals surface area contributed by atoms with Gasteiger partial charge in [0.25, 0.3) is 0 Å². The molecule has 0 radical (unpaired) electrons. The molecule has 124 valence electrons. The summed E-state index contributed by atoms with van der Waals surface area (Å²) in [5.74, 6) is 0.723. The number of benzene rings is 2. The minimum absolute atomic E-state index is 0.000750. The smallest absolute Gasteiger partial charge is 0.240 e. The van der Waals surface area contributed by atoms with E-state index in [1.54, 1.807) is 12.1 Å². The Bertz CT molecular complexity index is 717. The summed E-state index contributed by atoms with van der Waals surface area (Å²) in [4.78, 5) is 0.269. The first kappa shape index (κ1) is 17.5. The minimum Gasteiger partial charge on any atom is -0.492 e. The number of sulfonamides is 1. The minimum atomic E-state index is -3.51. The molecular weight excluding hydrogens is 310 g/mol. The van der Waals surface area contributed by atoms with E-state index in [0.29, 0.717) is 0 Å². The summed E-state index contributed by atoms with van der Waals surface area (Å²) in [5.41, 5.74) is 1.10. The summed E-state index contributed by atoms with van der Waals surface area (Å²) in [6.07, 6.45) is 0. The Morgan fingerprint density at radius 3 is 2.13 bits per heavy atom. The molecule has 2 aromatic rings. The van der Waals surface area contributed by atoms with E-state index in [0.717, 1.165) is 11.3 Å². The average Bonchev–Trinajstić information content (AvgIpc) is 2.52. The third-order valence-electron chi connectivity index (χ3n) is 3.44. The second-order valence-corrected chi connectivity index (χ2v) is 8.10. The van der Waals surface area contributed by atoms with Gasteiger partial charge in [0.2, 0.25) is 10.0 Å². The Morgan fingerprint density at radius 2 is 1.57 bits per heavy atom. The van der Waals surface area contributed by atoms with Gasteiger partial charge in [-0.2, -0.15) is 0 Å². The molecule has 0 amide bonds. The van der Waals surface area contributed by atoms with Crippen molar-refractivity contribution in [2.24, 2.45) is 0 Å². The van der Waals surface area contributed by atoms with Gasteiger partial charge in [0, 0.05) is 6.54 Å². The monoisotopic (exact) mass is 333 g/mol. The maximum Gasteiger partial charge on any atom is 0.240 e. The van der Waals surface area contributed by atoms with Crippen molar-refractivity contribution in [1.82, 2.24) is 4.72 Å². The Kier molecular flexibility index (Phi) is 5.44. The van der Waals surface area contributed by atoms with Crippen LogP contribution in [0.3, 0.4) is 0 Å². The van der Waals surface area contributed by atoms with E-state index in [4.69, 9.17) is 4.74 Å². The van der Waals surface area contributed by atoms with Crippen molar-refractivity contribution in [2.75, 3.05) is 13.2 Å². The van der Waals surface area contributed by atoms with E-state index >= 15 is 0 Å². The lowest BCUT2D eigenvalue weighted by atomic mass is 9.87. The molecular formula is C18H23NO3S. The molecule has 23 heavy (non-hydrogen) atoms. The summed E-state index contributed by atoms with van der Waals surface area (Å²) in [5, 5.41) is 0. The Hall–Kier alpha value is -1.85. The summed E-state index contributed by atoms with van der Waals surface area (Å²) in [7, 11) is -3.51. The Balaban J connectivity index is 1.91. The zero-order valence-corrected chi connectivity index (χ0v) is 14.6. The molecule has 0 bridgehead atoms. The number of hydrogen-bond acceptors (Lipinski definition) is 3. The maximum absolute atomic E-state index is 12.2. The fourth-order valence-corrected chi connectivity index (χ4v) is 3.09. The number of para-hydroxylation sites is 1. The first-order valence-electron chi connectivity index (χ1n) is 7.57. The van der Waals surface area contributed by atoms with Gasteiger partial charge in [-0.05, 0) is 35.2 Å². The van der Waals surface area contributed by atoms with Crippen molar-refractivity contribution in [3.8, 4) is 5.75 Å². The van der Waals surface area contributed by atoms with Crippen LogP contribution in [0.1, 0.15) is 26.3 Å². The number of ether oxygens (including phenoxy) is 1. The topological polar surface area (TPSA) is 55.4 Å². The van der Waals surface area contributed by atoms with Crippen molar-refractivity contribution in [2.45, 2.75) is 31.1 Å². The van der Waals surface area contributed by atoms with Crippen LogP contribution in [0.5, 0.6) is 5.75 Å². The second-order valence-electron chi connectivity index (χ2n) is 6.33. The highest BCUT2D eigenvalue weighted by molar-refractivity contribution is 7.89. The summed E-state index contributed by atoms with van der Waals surface area (Å²) >= 11 is 0. The lowest BCUT2D eigenvalue weighted by Crippen LogP contribution is -2.28. The molecule has 4 nitrogen and oxygen atoms in total. The van der Waals surface area contributed by atoms with Crippen LogP contribution in [-0.4, -0.2) is 21.6 Å². The van der Waals surface area contributed by atoms with Crippen molar-refractivity contribution in [3.05, 3.63) is 60.2 Å². The zero-order valence-electron chi connectivity index (χ0n) is 13.7. The number of rotatable bonds is 6. The lowest BCUT2D eigenvalue weighted by Gasteiger charge is -2.19. The van der Waals surface area contributed by atoms with Crippen molar-refractivity contribution < 1.29 is 13.2 Å². The molecule has 0 saturated carbocycles. The van der Waals surface area contributed by atoms with Gasteiger partial charge < -0.3 is 4.74 Å². The highest BCUT2D eigenvalue weighted by atomic mass is 32.2. The standard InChI is InChI=1S/C18H23NO3S/c1-18(2,3)15-9-11-17(12-10-15)23(20,21)19-13-14-22-16-7-5-4-6-8-16/h4-12,19H,13-14H2,1-3H3. The molecule has 0 aliphatic heterocycles. The average molecular weight is 333 g/mol. The molecule has 0 heterocycles. The molecule has 0 aromatic heterocycles. The zero-order chi connectivity index (χ0) is 16.9. The van der Waals surface area contributed by atoms with E-state index in [1.165, 1.54) is 0 Å². The Labute approximate surface area is 138 Å². The largest absolute Gasteiger partial charge is 0.492 e. The number of nitrogens with one attached hydrogen (secondary N) is 1. The van der Waals surface area contributed by atoms with E-state index in [1.807, 2.05) is 42.5 Å². The molecule has 2 aromatic carbocycles. The van der Waals surface area contributed by atoms with Crippen molar-refractivity contribution in [1.29, 1.82) is 0 Å². The molecule has 0 aliphatic rings. The molecule has 0 fully saturated rings. The molecule has 0 spiro atoms.